The van der Waals surface area contributed by atoms with E-state index in [9.17, 15) is 4.79 Å². The van der Waals surface area contributed by atoms with E-state index in [0.29, 0.717) is 0 Å². The summed E-state index contributed by atoms with van der Waals surface area (Å²) >= 11 is 0. The van der Waals surface area contributed by atoms with Crippen molar-refractivity contribution in [1.29, 1.82) is 0 Å². The summed E-state index contributed by atoms with van der Waals surface area (Å²) in [5.41, 5.74) is 9.59. The average molecular weight is 282 g/mol. The number of rotatable bonds is 5. The fourth-order valence-electron chi connectivity index (χ4n) is 2.48. The molecule has 0 aliphatic rings. The van der Waals surface area contributed by atoms with E-state index in [1.54, 1.807) is 0 Å². The van der Waals surface area contributed by atoms with Gasteiger partial charge in [0.15, 0.2) is 0 Å². The molecule has 1 amide bonds. The smallest absolute Gasteiger partial charge is 0.231 e. The van der Waals surface area contributed by atoms with Crippen molar-refractivity contribution < 1.29 is 4.79 Å². The lowest BCUT2D eigenvalue weighted by atomic mass is 9.95. The number of hydrogen-bond acceptors (Lipinski definition) is 2. The summed E-state index contributed by atoms with van der Waals surface area (Å²) < 4.78 is 0. The van der Waals surface area contributed by atoms with Gasteiger partial charge in [0.1, 0.15) is 0 Å². The summed E-state index contributed by atoms with van der Waals surface area (Å²) in [5.74, 6) is -0.134. The molecule has 1 unspecified atom stereocenters. The van der Waals surface area contributed by atoms with E-state index >= 15 is 0 Å². The van der Waals surface area contributed by atoms with E-state index in [1.165, 1.54) is 0 Å². The molecule has 0 saturated heterocycles. The van der Waals surface area contributed by atoms with Crippen LogP contribution in [0.25, 0.3) is 0 Å². The Morgan fingerprint density at radius 3 is 2.43 bits per heavy atom. The fraction of sp³-hybridized carbons (Fsp3) is 0.278. The molecule has 0 saturated carbocycles. The van der Waals surface area contributed by atoms with Crippen molar-refractivity contribution in [1.82, 2.24) is 0 Å². The predicted octanol–water partition coefficient (Wildman–Crippen LogP) is 3.96. The van der Waals surface area contributed by atoms with Crippen LogP contribution in [0.15, 0.2) is 48.5 Å². The Labute approximate surface area is 126 Å². The number of nitrogens with two attached hydrogens (primary N) is 1. The monoisotopic (exact) mass is 282 g/mol. The second kappa shape index (κ2) is 6.93. The van der Waals surface area contributed by atoms with E-state index in [0.717, 1.165) is 35.3 Å². The molecule has 2 rings (SSSR count). The summed E-state index contributed by atoms with van der Waals surface area (Å²) in [6.07, 6.45) is 1.65. The molecule has 0 bridgehead atoms. The SMILES string of the molecule is CCc1ccc(NC(=O)C(CC)c2ccccc2)cc1N. The standard InChI is InChI=1S/C18H22N2O/c1-3-13-10-11-15(12-17(13)19)20-18(21)16(4-2)14-8-6-5-7-9-14/h5-12,16H,3-4,19H2,1-2H3,(H,20,21). The van der Waals surface area contributed by atoms with E-state index in [1.807, 2.05) is 55.5 Å². The molecular weight excluding hydrogens is 260 g/mol. The highest BCUT2D eigenvalue weighted by Gasteiger charge is 2.18. The van der Waals surface area contributed by atoms with E-state index < -0.39 is 0 Å². The second-order valence-electron chi connectivity index (χ2n) is 5.13. The number of carbonyl (C=O) groups excluding carboxylic acids is 1. The van der Waals surface area contributed by atoms with Crippen LogP contribution in [0.5, 0.6) is 0 Å². The van der Waals surface area contributed by atoms with Crippen LogP contribution in [0.1, 0.15) is 37.3 Å². The zero-order valence-electron chi connectivity index (χ0n) is 12.6. The largest absolute Gasteiger partial charge is 0.398 e. The van der Waals surface area contributed by atoms with Gasteiger partial charge in [0.05, 0.1) is 5.92 Å². The van der Waals surface area contributed by atoms with Crippen LogP contribution < -0.4 is 11.1 Å². The van der Waals surface area contributed by atoms with E-state index in [-0.39, 0.29) is 11.8 Å². The van der Waals surface area contributed by atoms with Crippen molar-refractivity contribution in [2.45, 2.75) is 32.6 Å². The highest BCUT2D eigenvalue weighted by Crippen LogP contribution is 2.23. The first-order valence-corrected chi connectivity index (χ1v) is 7.39. The van der Waals surface area contributed by atoms with Crippen molar-refractivity contribution in [2.75, 3.05) is 11.1 Å². The summed E-state index contributed by atoms with van der Waals surface area (Å²) in [5, 5.41) is 2.96. The minimum absolute atomic E-state index is 0.00680. The first kappa shape index (κ1) is 15.1. The molecule has 0 aliphatic carbocycles. The molecule has 3 N–H and O–H groups in total. The zero-order valence-corrected chi connectivity index (χ0v) is 12.6. The van der Waals surface area contributed by atoms with Crippen LogP contribution in [0.4, 0.5) is 11.4 Å². The fourth-order valence-corrected chi connectivity index (χ4v) is 2.48. The van der Waals surface area contributed by atoms with Crippen molar-refractivity contribution in [3.63, 3.8) is 0 Å². The first-order chi connectivity index (χ1) is 10.2. The Morgan fingerprint density at radius 1 is 1.14 bits per heavy atom. The van der Waals surface area contributed by atoms with Crippen molar-refractivity contribution in [3.05, 3.63) is 59.7 Å². The molecule has 3 heteroatoms. The number of nitrogens with one attached hydrogen (secondary N) is 1. The molecular formula is C18H22N2O. The molecule has 21 heavy (non-hydrogen) atoms. The Hall–Kier alpha value is -2.29. The van der Waals surface area contributed by atoms with Crippen LogP contribution in [0.2, 0.25) is 0 Å². The Balaban J connectivity index is 2.15. The van der Waals surface area contributed by atoms with Gasteiger partial charge in [0.2, 0.25) is 5.91 Å². The maximum Gasteiger partial charge on any atom is 0.231 e. The normalized spacial score (nSPS) is 11.9. The minimum atomic E-state index is -0.140. The Bertz CT molecular complexity index is 608. The van der Waals surface area contributed by atoms with Crippen molar-refractivity contribution in [2.24, 2.45) is 0 Å². The first-order valence-electron chi connectivity index (χ1n) is 7.39. The van der Waals surface area contributed by atoms with Crippen molar-refractivity contribution >= 4 is 17.3 Å². The topological polar surface area (TPSA) is 55.1 Å². The molecule has 0 aromatic heterocycles. The summed E-state index contributed by atoms with van der Waals surface area (Å²) in [6.45, 7) is 4.08. The summed E-state index contributed by atoms with van der Waals surface area (Å²) in [4.78, 5) is 12.5. The van der Waals surface area contributed by atoms with E-state index in [2.05, 4.69) is 12.2 Å². The van der Waals surface area contributed by atoms with Crippen LogP contribution >= 0.6 is 0 Å². The number of carbonyl (C=O) groups is 1. The molecule has 1 atom stereocenters. The lowest BCUT2D eigenvalue weighted by Crippen LogP contribution is -2.20. The third-order valence-corrected chi connectivity index (χ3v) is 3.72. The van der Waals surface area contributed by atoms with Crippen LogP contribution in [-0.4, -0.2) is 5.91 Å². The van der Waals surface area contributed by atoms with Gasteiger partial charge in [-0.2, -0.15) is 0 Å². The maximum absolute atomic E-state index is 12.5. The van der Waals surface area contributed by atoms with Gasteiger partial charge in [-0.3, -0.25) is 4.79 Å². The Morgan fingerprint density at radius 2 is 1.86 bits per heavy atom. The number of nitrogen functional groups attached to an aromatic ring is 1. The summed E-state index contributed by atoms with van der Waals surface area (Å²) in [7, 11) is 0. The third kappa shape index (κ3) is 3.63. The molecule has 0 spiro atoms. The minimum Gasteiger partial charge on any atom is -0.398 e. The predicted molar refractivity (Wildman–Crippen MR) is 88.3 cm³/mol. The van der Waals surface area contributed by atoms with Gasteiger partial charge in [-0.1, -0.05) is 50.2 Å². The molecule has 0 radical (unpaired) electrons. The van der Waals surface area contributed by atoms with Crippen LogP contribution in [0.3, 0.4) is 0 Å². The van der Waals surface area contributed by atoms with Gasteiger partial charge in [0, 0.05) is 11.4 Å². The van der Waals surface area contributed by atoms with Gasteiger partial charge >= 0.3 is 0 Å². The van der Waals surface area contributed by atoms with Gasteiger partial charge in [-0.15, -0.1) is 0 Å². The Kier molecular flexibility index (Phi) is 4.99. The van der Waals surface area contributed by atoms with E-state index in [4.69, 9.17) is 5.73 Å². The van der Waals surface area contributed by atoms with Gasteiger partial charge in [-0.05, 0) is 36.1 Å². The number of anilines is 2. The van der Waals surface area contributed by atoms with Gasteiger partial charge in [0.25, 0.3) is 0 Å². The molecule has 2 aromatic rings. The third-order valence-electron chi connectivity index (χ3n) is 3.72. The van der Waals surface area contributed by atoms with Crippen LogP contribution in [0, 0.1) is 0 Å². The number of amides is 1. The highest BCUT2D eigenvalue weighted by molar-refractivity contribution is 5.96. The molecule has 0 fully saturated rings. The average Bonchev–Trinajstić information content (AvgIpc) is 2.49. The molecule has 0 aliphatic heterocycles. The number of aryl methyl sites for hydroxylation is 1. The number of hydrogen-bond donors (Lipinski definition) is 2. The van der Waals surface area contributed by atoms with Crippen LogP contribution in [-0.2, 0) is 11.2 Å². The van der Waals surface area contributed by atoms with Crippen molar-refractivity contribution in [3.8, 4) is 0 Å². The zero-order chi connectivity index (χ0) is 15.2. The molecule has 3 nitrogen and oxygen atoms in total. The maximum atomic E-state index is 12.5. The number of benzene rings is 2. The highest BCUT2D eigenvalue weighted by atomic mass is 16.1. The second-order valence-corrected chi connectivity index (χ2v) is 5.13. The summed E-state index contributed by atoms with van der Waals surface area (Å²) in [6, 6.07) is 15.6. The lowest BCUT2D eigenvalue weighted by Gasteiger charge is -2.16. The van der Waals surface area contributed by atoms with Gasteiger partial charge in [-0.25, -0.2) is 0 Å². The van der Waals surface area contributed by atoms with Gasteiger partial charge < -0.3 is 11.1 Å². The molecule has 110 valence electrons. The molecule has 2 aromatic carbocycles. The quantitative estimate of drug-likeness (QED) is 0.815. The molecule has 0 heterocycles. The lowest BCUT2D eigenvalue weighted by molar-refractivity contribution is -0.117.